The molecular weight excluding hydrogens is 399 g/mol. The average molecular weight is 438 g/mol. The first-order chi connectivity index (χ1) is 10.5. The number of rotatable bonds is 9. The fraction of sp³-hybridized carbons (Fsp3) is 0.944. The Kier molecular flexibility index (Phi) is 13.3. The van der Waals surface area contributed by atoms with E-state index in [0.29, 0.717) is 6.04 Å². The van der Waals surface area contributed by atoms with Crippen LogP contribution in [0.4, 0.5) is 0 Å². The van der Waals surface area contributed by atoms with Crippen molar-refractivity contribution in [3.63, 3.8) is 0 Å². The molecule has 5 heteroatoms. The van der Waals surface area contributed by atoms with Crippen molar-refractivity contribution in [3.8, 4) is 0 Å². The monoisotopic (exact) mass is 438 g/mol. The van der Waals surface area contributed by atoms with Crippen LogP contribution in [0.2, 0.25) is 0 Å². The molecule has 0 bridgehead atoms. The summed E-state index contributed by atoms with van der Waals surface area (Å²) >= 11 is 0. The maximum atomic E-state index is 4.82. The van der Waals surface area contributed by atoms with E-state index in [4.69, 9.17) is 4.99 Å². The minimum absolute atomic E-state index is 0. The Bertz CT molecular complexity index is 320. The molecule has 1 aliphatic heterocycles. The van der Waals surface area contributed by atoms with Gasteiger partial charge in [-0.3, -0.25) is 4.99 Å². The van der Waals surface area contributed by atoms with Gasteiger partial charge in [0.2, 0.25) is 0 Å². The summed E-state index contributed by atoms with van der Waals surface area (Å²) in [7, 11) is 0. The third-order valence-corrected chi connectivity index (χ3v) is 4.32. The van der Waals surface area contributed by atoms with Crippen molar-refractivity contribution in [3.05, 3.63) is 0 Å². The van der Waals surface area contributed by atoms with Gasteiger partial charge in [0.15, 0.2) is 5.96 Å². The van der Waals surface area contributed by atoms with Gasteiger partial charge >= 0.3 is 0 Å². The number of likely N-dealkylation sites (tertiary alicyclic amines) is 1. The largest absolute Gasteiger partial charge is 0.357 e. The van der Waals surface area contributed by atoms with Crippen molar-refractivity contribution >= 4 is 29.9 Å². The number of guanidine groups is 1. The second-order valence-electron chi connectivity index (χ2n) is 7.19. The third kappa shape index (κ3) is 10.4. The number of hydrogen-bond donors (Lipinski definition) is 2. The quantitative estimate of drug-likeness (QED) is 0.328. The van der Waals surface area contributed by atoms with E-state index in [1.54, 1.807) is 0 Å². The molecule has 0 spiro atoms. The smallest absolute Gasteiger partial charge is 0.191 e. The zero-order valence-electron chi connectivity index (χ0n) is 15.9. The Morgan fingerprint density at radius 1 is 1.22 bits per heavy atom. The molecule has 23 heavy (non-hydrogen) atoms. The highest BCUT2D eigenvalue weighted by Gasteiger charge is 2.21. The second-order valence-corrected chi connectivity index (χ2v) is 7.19. The van der Waals surface area contributed by atoms with Gasteiger partial charge in [0.05, 0.1) is 0 Å². The standard InChI is InChI=1S/C18H38N4.HI/c1-6-11-22-12-10-17(14-22)13-20-18(19-7-2)21-16(5)9-8-15(3)4;/h15-17H,6-14H2,1-5H3,(H2,19,20,21);1H. The van der Waals surface area contributed by atoms with Gasteiger partial charge in [-0.25, -0.2) is 0 Å². The van der Waals surface area contributed by atoms with Crippen LogP contribution in [0.25, 0.3) is 0 Å². The van der Waals surface area contributed by atoms with Gasteiger partial charge in [0.1, 0.15) is 0 Å². The van der Waals surface area contributed by atoms with Gasteiger partial charge in [-0.15, -0.1) is 24.0 Å². The third-order valence-electron chi connectivity index (χ3n) is 4.32. The van der Waals surface area contributed by atoms with Gasteiger partial charge in [-0.1, -0.05) is 20.8 Å². The predicted molar refractivity (Wildman–Crippen MR) is 113 cm³/mol. The first-order valence-electron chi connectivity index (χ1n) is 9.32. The van der Waals surface area contributed by atoms with Crippen molar-refractivity contribution in [2.45, 2.75) is 66.3 Å². The van der Waals surface area contributed by atoms with E-state index >= 15 is 0 Å². The van der Waals surface area contributed by atoms with Crippen LogP contribution in [0.5, 0.6) is 0 Å². The Balaban J connectivity index is 0.00000484. The first-order valence-corrected chi connectivity index (χ1v) is 9.32. The molecule has 4 nitrogen and oxygen atoms in total. The van der Waals surface area contributed by atoms with Crippen LogP contribution in [0.3, 0.4) is 0 Å². The molecule has 1 heterocycles. The number of nitrogens with zero attached hydrogens (tertiary/aromatic N) is 2. The van der Waals surface area contributed by atoms with Crippen LogP contribution in [-0.4, -0.2) is 49.6 Å². The molecule has 0 aliphatic carbocycles. The van der Waals surface area contributed by atoms with Crippen molar-refractivity contribution in [1.82, 2.24) is 15.5 Å². The minimum Gasteiger partial charge on any atom is -0.357 e. The zero-order chi connectivity index (χ0) is 16.4. The topological polar surface area (TPSA) is 39.7 Å². The van der Waals surface area contributed by atoms with Crippen molar-refractivity contribution < 1.29 is 0 Å². The van der Waals surface area contributed by atoms with Crippen molar-refractivity contribution in [2.24, 2.45) is 16.8 Å². The van der Waals surface area contributed by atoms with E-state index in [9.17, 15) is 0 Å². The molecule has 0 saturated carbocycles. The van der Waals surface area contributed by atoms with E-state index in [1.165, 1.54) is 45.3 Å². The van der Waals surface area contributed by atoms with Crippen LogP contribution in [-0.2, 0) is 0 Å². The number of hydrogen-bond acceptors (Lipinski definition) is 2. The van der Waals surface area contributed by atoms with Gasteiger partial charge < -0.3 is 15.5 Å². The molecule has 138 valence electrons. The highest BCUT2D eigenvalue weighted by atomic mass is 127. The summed E-state index contributed by atoms with van der Waals surface area (Å²) in [4.78, 5) is 7.40. The maximum absolute atomic E-state index is 4.82. The summed E-state index contributed by atoms with van der Waals surface area (Å²) in [5, 5.41) is 6.95. The molecule has 1 rings (SSSR count). The fourth-order valence-corrected chi connectivity index (χ4v) is 3.01. The summed E-state index contributed by atoms with van der Waals surface area (Å²) in [6.07, 6.45) is 5.03. The lowest BCUT2D eigenvalue weighted by Gasteiger charge is -2.19. The molecule has 1 saturated heterocycles. The lowest BCUT2D eigenvalue weighted by atomic mass is 10.0. The predicted octanol–water partition coefficient (Wildman–Crippen LogP) is 3.72. The average Bonchev–Trinajstić information content (AvgIpc) is 2.91. The molecule has 0 aromatic rings. The summed E-state index contributed by atoms with van der Waals surface area (Å²) in [5.74, 6) is 2.49. The molecule has 0 aromatic heterocycles. The number of halogens is 1. The molecule has 1 aliphatic rings. The molecule has 2 atom stereocenters. The highest BCUT2D eigenvalue weighted by Crippen LogP contribution is 2.16. The Hall–Kier alpha value is -0.0400. The van der Waals surface area contributed by atoms with Crippen LogP contribution >= 0.6 is 24.0 Å². The van der Waals surface area contributed by atoms with Crippen molar-refractivity contribution in [1.29, 1.82) is 0 Å². The van der Waals surface area contributed by atoms with Gasteiger partial charge in [0.25, 0.3) is 0 Å². The first kappa shape index (κ1) is 23.0. The van der Waals surface area contributed by atoms with Gasteiger partial charge in [0, 0.05) is 25.7 Å². The van der Waals surface area contributed by atoms with E-state index < -0.39 is 0 Å². The number of nitrogens with one attached hydrogen (secondary N) is 2. The Labute approximate surface area is 161 Å². The SMILES string of the molecule is CCCN1CCC(CN=C(NCC)NC(C)CCC(C)C)C1.I. The van der Waals surface area contributed by atoms with E-state index in [1.807, 2.05) is 0 Å². The molecule has 0 radical (unpaired) electrons. The number of aliphatic imine (C=N–C) groups is 1. The van der Waals surface area contributed by atoms with Crippen LogP contribution in [0, 0.1) is 11.8 Å². The molecule has 0 amide bonds. The van der Waals surface area contributed by atoms with Crippen molar-refractivity contribution in [2.75, 3.05) is 32.7 Å². The van der Waals surface area contributed by atoms with E-state index in [0.717, 1.165) is 30.9 Å². The second kappa shape index (κ2) is 13.3. The van der Waals surface area contributed by atoms with E-state index in [-0.39, 0.29) is 24.0 Å². The fourth-order valence-electron chi connectivity index (χ4n) is 3.01. The molecule has 1 fully saturated rings. The summed E-state index contributed by atoms with van der Waals surface area (Å²) in [6.45, 7) is 16.8. The lowest BCUT2D eigenvalue weighted by Crippen LogP contribution is -2.42. The van der Waals surface area contributed by atoms with Gasteiger partial charge in [-0.2, -0.15) is 0 Å². The van der Waals surface area contributed by atoms with Crippen LogP contribution < -0.4 is 10.6 Å². The Morgan fingerprint density at radius 2 is 1.96 bits per heavy atom. The molecular formula is C18H39IN4. The van der Waals surface area contributed by atoms with Crippen LogP contribution in [0.1, 0.15) is 60.3 Å². The van der Waals surface area contributed by atoms with E-state index in [2.05, 4.69) is 50.2 Å². The maximum Gasteiger partial charge on any atom is 0.191 e. The summed E-state index contributed by atoms with van der Waals surface area (Å²) in [6, 6.07) is 0.486. The lowest BCUT2D eigenvalue weighted by molar-refractivity contribution is 0.326. The normalized spacial score (nSPS) is 20.4. The molecule has 2 N–H and O–H groups in total. The Morgan fingerprint density at radius 3 is 2.57 bits per heavy atom. The minimum atomic E-state index is 0. The highest BCUT2D eigenvalue weighted by molar-refractivity contribution is 14.0. The summed E-state index contributed by atoms with van der Waals surface area (Å²) in [5.41, 5.74) is 0. The summed E-state index contributed by atoms with van der Waals surface area (Å²) < 4.78 is 0. The zero-order valence-corrected chi connectivity index (χ0v) is 18.2. The van der Waals surface area contributed by atoms with Crippen LogP contribution in [0.15, 0.2) is 4.99 Å². The molecule has 0 aromatic carbocycles. The molecule has 2 unspecified atom stereocenters. The van der Waals surface area contributed by atoms with Gasteiger partial charge in [-0.05, 0) is 64.5 Å².